The molecule has 318 valence electrons. The lowest BCUT2D eigenvalue weighted by atomic mass is 9.68. The van der Waals surface area contributed by atoms with Crippen molar-refractivity contribution in [2.45, 2.75) is 5.41 Å². The van der Waals surface area contributed by atoms with Crippen molar-refractivity contribution in [1.29, 1.82) is 0 Å². The molecule has 3 heteroatoms. The molecule has 0 radical (unpaired) electrons. The van der Waals surface area contributed by atoms with Gasteiger partial charge in [0.25, 0.3) is 0 Å². The Morgan fingerprint density at radius 2 is 0.868 bits per heavy atom. The second-order valence-corrected chi connectivity index (χ2v) is 17.9. The van der Waals surface area contributed by atoms with E-state index in [1.54, 1.807) is 0 Å². The normalized spacial score (nSPS) is 12.8. The number of hydrogen-bond acceptors (Lipinski definition) is 3. The van der Waals surface area contributed by atoms with E-state index in [9.17, 15) is 0 Å². The van der Waals surface area contributed by atoms with Crippen LogP contribution >= 0.6 is 0 Å². The van der Waals surface area contributed by atoms with E-state index in [4.69, 9.17) is 8.83 Å². The first-order chi connectivity index (χ1) is 33.7. The molecule has 0 unspecified atom stereocenters. The Morgan fingerprint density at radius 1 is 0.309 bits per heavy atom. The first-order valence-corrected chi connectivity index (χ1v) is 23.3. The van der Waals surface area contributed by atoms with Crippen LogP contribution in [0, 0.1) is 0 Å². The van der Waals surface area contributed by atoms with E-state index in [2.05, 4.69) is 241 Å². The number of fused-ring (bicyclic) bond motifs is 10. The van der Waals surface area contributed by atoms with E-state index >= 15 is 0 Å². The van der Waals surface area contributed by atoms with Gasteiger partial charge in [-0.25, -0.2) is 0 Å². The Bertz CT molecular complexity index is 4050. The molecule has 0 atom stereocenters. The monoisotopic (exact) mass is 867 g/mol. The van der Waals surface area contributed by atoms with E-state index in [0.717, 1.165) is 83.2 Å². The van der Waals surface area contributed by atoms with Gasteiger partial charge >= 0.3 is 0 Å². The molecule has 0 amide bonds. The summed E-state index contributed by atoms with van der Waals surface area (Å²) in [5, 5.41) is 6.83. The highest BCUT2D eigenvalue weighted by Crippen LogP contribution is 2.60. The highest BCUT2D eigenvalue weighted by molar-refractivity contribution is 6.12. The summed E-state index contributed by atoms with van der Waals surface area (Å²) >= 11 is 0. The molecule has 3 nitrogen and oxygen atoms in total. The number of benzene rings is 11. The fourth-order valence-electron chi connectivity index (χ4n) is 11.3. The molecule has 1 aliphatic carbocycles. The van der Waals surface area contributed by atoms with E-state index in [-0.39, 0.29) is 0 Å². The Morgan fingerprint density at radius 3 is 1.66 bits per heavy atom. The van der Waals surface area contributed by atoms with Crippen LogP contribution < -0.4 is 4.90 Å². The van der Waals surface area contributed by atoms with Crippen molar-refractivity contribution in [3.63, 3.8) is 0 Å². The van der Waals surface area contributed by atoms with Crippen LogP contribution in [0.1, 0.15) is 22.3 Å². The van der Waals surface area contributed by atoms with E-state index in [0.29, 0.717) is 0 Å². The fraction of sp³-hybridized carbons (Fsp3) is 0.0154. The summed E-state index contributed by atoms with van der Waals surface area (Å²) in [6, 6.07) is 90.3. The van der Waals surface area contributed by atoms with Crippen LogP contribution in [0.15, 0.2) is 258 Å². The van der Waals surface area contributed by atoms with Crippen LogP contribution in [0.3, 0.4) is 0 Å². The lowest BCUT2D eigenvalue weighted by Gasteiger charge is -2.34. The molecule has 0 saturated carbocycles. The van der Waals surface area contributed by atoms with Gasteiger partial charge in [0.1, 0.15) is 22.3 Å². The average molecular weight is 868 g/mol. The van der Waals surface area contributed by atoms with Crippen molar-refractivity contribution in [3.8, 4) is 33.4 Å². The third-order valence-corrected chi connectivity index (χ3v) is 14.3. The Labute approximate surface area is 393 Å². The summed E-state index contributed by atoms with van der Waals surface area (Å²) in [7, 11) is 0. The van der Waals surface area contributed by atoms with Crippen molar-refractivity contribution in [3.05, 3.63) is 271 Å². The molecule has 11 aromatic carbocycles. The number of furan rings is 2. The summed E-state index contributed by atoms with van der Waals surface area (Å²) in [6.45, 7) is 0. The number of rotatable bonds is 7. The van der Waals surface area contributed by atoms with Gasteiger partial charge in [-0.1, -0.05) is 182 Å². The number of nitrogens with zero attached hydrogens (tertiary/aromatic N) is 1. The largest absolute Gasteiger partial charge is 0.456 e. The Kier molecular flexibility index (Phi) is 8.50. The summed E-state index contributed by atoms with van der Waals surface area (Å²) in [6.07, 6.45) is 0. The number of anilines is 3. The molecule has 0 spiro atoms. The van der Waals surface area contributed by atoms with Crippen molar-refractivity contribution < 1.29 is 8.83 Å². The van der Waals surface area contributed by atoms with Gasteiger partial charge in [0.15, 0.2) is 0 Å². The van der Waals surface area contributed by atoms with Gasteiger partial charge in [-0.2, -0.15) is 0 Å². The predicted octanol–water partition coefficient (Wildman–Crippen LogP) is 17.8. The highest BCUT2D eigenvalue weighted by atomic mass is 16.3. The van der Waals surface area contributed by atoms with Crippen LogP contribution in [-0.4, -0.2) is 0 Å². The third kappa shape index (κ3) is 5.72. The molecule has 13 aromatic rings. The summed E-state index contributed by atoms with van der Waals surface area (Å²) in [5.41, 5.74) is 18.1. The molecular weight excluding hydrogens is 827 g/mol. The van der Waals surface area contributed by atoms with Gasteiger partial charge in [-0.15, -0.1) is 0 Å². The van der Waals surface area contributed by atoms with Crippen LogP contribution in [0.4, 0.5) is 17.1 Å². The Hall–Kier alpha value is -8.92. The van der Waals surface area contributed by atoms with Gasteiger partial charge in [0, 0.05) is 38.4 Å². The highest BCUT2D eigenvalue weighted by Gasteiger charge is 2.47. The van der Waals surface area contributed by atoms with Crippen LogP contribution in [0.25, 0.3) is 88.0 Å². The molecule has 1 aliphatic rings. The maximum absolute atomic E-state index is 6.51. The smallest absolute Gasteiger partial charge is 0.136 e. The predicted molar refractivity (Wildman–Crippen MR) is 281 cm³/mol. The Balaban J connectivity index is 0.998. The first kappa shape index (κ1) is 38.4. The van der Waals surface area contributed by atoms with Crippen molar-refractivity contribution in [1.82, 2.24) is 0 Å². The minimum atomic E-state index is -0.549. The zero-order chi connectivity index (χ0) is 44.8. The zero-order valence-electron chi connectivity index (χ0n) is 36.9. The SMILES string of the molecule is c1ccc(C2(c3ccccc3)c3ccccc3-c3c(N(c4ccc(-c5ccc6c(c5)oc5ccccc56)cc4)c4ccccc4-c4ccc5oc6cc7ccccc7cc6c5c4)cccc32)cc1. The third-order valence-electron chi connectivity index (χ3n) is 14.3. The van der Waals surface area contributed by atoms with E-state index < -0.39 is 5.41 Å². The quantitative estimate of drug-likeness (QED) is 0.160. The van der Waals surface area contributed by atoms with Crippen molar-refractivity contribution >= 4 is 71.7 Å². The zero-order valence-corrected chi connectivity index (χ0v) is 36.9. The molecule has 2 heterocycles. The lowest BCUT2D eigenvalue weighted by molar-refractivity contribution is 0.669. The molecule has 0 fully saturated rings. The van der Waals surface area contributed by atoms with Gasteiger partial charge in [-0.3, -0.25) is 0 Å². The summed E-state index contributed by atoms with van der Waals surface area (Å²) in [5.74, 6) is 0. The van der Waals surface area contributed by atoms with Crippen molar-refractivity contribution in [2.24, 2.45) is 0 Å². The average Bonchev–Trinajstić information content (AvgIpc) is 4.06. The minimum Gasteiger partial charge on any atom is -0.456 e. The molecule has 0 bridgehead atoms. The summed E-state index contributed by atoms with van der Waals surface area (Å²) < 4.78 is 12.9. The molecule has 68 heavy (non-hydrogen) atoms. The van der Waals surface area contributed by atoms with Crippen molar-refractivity contribution in [2.75, 3.05) is 4.90 Å². The molecule has 14 rings (SSSR count). The molecule has 2 aromatic heterocycles. The van der Waals surface area contributed by atoms with Gasteiger partial charge in [0.05, 0.1) is 16.8 Å². The first-order valence-electron chi connectivity index (χ1n) is 23.3. The standard InChI is InChI=1S/C65H41NO2/c1-3-18-47(19-4-1)65(48-20-5-2-6-21-48)56-25-12-9-24-53(56)64-57(65)26-15-28-59(64)66(49-34-30-42(31-35-49)45-32-36-52-51-23-11-14-29-60(51)67-62(52)41-45)58-27-13-10-22-50(58)46-33-37-61-54(39-46)55-38-43-16-7-8-17-44(43)40-63(55)68-61/h1-41H. The number of para-hydroxylation sites is 2. The lowest BCUT2D eigenvalue weighted by Crippen LogP contribution is -2.28. The fourth-order valence-corrected chi connectivity index (χ4v) is 11.3. The topological polar surface area (TPSA) is 29.5 Å². The maximum Gasteiger partial charge on any atom is 0.136 e. The van der Waals surface area contributed by atoms with Crippen LogP contribution in [0.5, 0.6) is 0 Å². The van der Waals surface area contributed by atoms with Gasteiger partial charge < -0.3 is 13.7 Å². The molecule has 0 N–H and O–H groups in total. The van der Waals surface area contributed by atoms with E-state index in [1.165, 1.54) is 44.2 Å². The minimum absolute atomic E-state index is 0.549. The summed E-state index contributed by atoms with van der Waals surface area (Å²) in [4.78, 5) is 2.48. The molecule has 0 aliphatic heterocycles. The second-order valence-electron chi connectivity index (χ2n) is 17.9. The van der Waals surface area contributed by atoms with Gasteiger partial charge in [0.2, 0.25) is 0 Å². The second kappa shape index (κ2) is 15.1. The molecule has 0 saturated heterocycles. The van der Waals surface area contributed by atoms with Gasteiger partial charge in [-0.05, 0) is 122 Å². The molecular formula is C65H41NO2. The number of hydrogen-bond donors (Lipinski definition) is 0. The maximum atomic E-state index is 6.51. The van der Waals surface area contributed by atoms with Crippen LogP contribution in [0.2, 0.25) is 0 Å². The van der Waals surface area contributed by atoms with Crippen LogP contribution in [-0.2, 0) is 5.41 Å². The van der Waals surface area contributed by atoms with E-state index in [1.807, 2.05) is 12.1 Å².